The van der Waals surface area contributed by atoms with Crippen molar-refractivity contribution >= 4 is 17.3 Å². The smallest absolute Gasteiger partial charge is 0.146 e. The monoisotopic (exact) mass is 255 g/mol. The topological polar surface area (TPSA) is 3.24 Å². The Hall–Kier alpha value is -0.760. The number of hydrogen-bond acceptors (Lipinski definition) is 1. The van der Waals surface area contributed by atoms with Crippen molar-refractivity contribution in [1.82, 2.24) is 0 Å². The van der Waals surface area contributed by atoms with Crippen molar-refractivity contribution in [1.29, 1.82) is 0 Å². The number of benzene rings is 1. The van der Waals surface area contributed by atoms with Gasteiger partial charge in [-0.25, -0.2) is 4.39 Å². The maximum atomic E-state index is 14.0. The Morgan fingerprint density at radius 2 is 2.24 bits per heavy atom. The van der Waals surface area contributed by atoms with E-state index in [1.54, 1.807) is 6.07 Å². The normalized spacial score (nSPS) is 20.3. The Bertz CT molecular complexity index is 392. The molecule has 1 aromatic rings. The van der Waals surface area contributed by atoms with Gasteiger partial charge in [0, 0.05) is 18.5 Å². The summed E-state index contributed by atoms with van der Waals surface area (Å²) in [5, 5.41) is 0. The van der Waals surface area contributed by atoms with Crippen molar-refractivity contribution in [2.24, 2.45) is 5.92 Å². The molecule has 0 N–H and O–H groups in total. The third-order valence-corrected chi connectivity index (χ3v) is 3.85. The first kappa shape index (κ1) is 12.7. The number of rotatable bonds is 3. The van der Waals surface area contributed by atoms with Crippen LogP contribution >= 0.6 is 11.6 Å². The molecule has 94 valence electrons. The molecule has 1 heterocycles. The Morgan fingerprint density at radius 3 is 2.82 bits per heavy atom. The van der Waals surface area contributed by atoms with Gasteiger partial charge in [-0.15, -0.1) is 11.6 Å². The lowest BCUT2D eigenvalue weighted by molar-refractivity contribution is 0.486. The molecule has 3 heteroatoms. The van der Waals surface area contributed by atoms with E-state index in [2.05, 4.69) is 18.7 Å². The van der Waals surface area contributed by atoms with Crippen LogP contribution in [0, 0.1) is 11.7 Å². The van der Waals surface area contributed by atoms with E-state index in [1.165, 1.54) is 0 Å². The van der Waals surface area contributed by atoms with Gasteiger partial charge in [0.05, 0.1) is 5.69 Å². The van der Waals surface area contributed by atoms with Gasteiger partial charge in [0.2, 0.25) is 0 Å². The van der Waals surface area contributed by atoms with E-state index in [4.69, 9.17) is 11.6 Å². The molecular formula is C14H19ClFN. The molecule has 1 nitrogen and oxygen atoms in total. The van der Waals surface area contributed by atoms with Crippen LogP contribution in [-0.2, 0) is 5.88 Å². The summed E-state index contributed by atoms with van der Waals surface area (Å²) < 4.78 is 14.0. The first-order valence-corrected chi connectivity index (χ1v) is 6.78. The second-order valence-corrected chi connectivity index (χ2v) is 5.33. The SMILES string of the molecule is CC(C)C1CCCN1c1ccc(CCl)cc1F. The summed E-state index contributed by atoms with van der Waals surface area (Å²) in [5.74, 6) is 0.783. The fourth-order valence-corrected chi connectivity index (χ4v) is 2.82. The van der Waals surface area contributed by atoms with Crippen LogP contribution in [0.25, 0.3) is 0 Å². The molecule has 17 heavy (non-hydrogen) atoms. The Kier molecular flexibility index (Phi) is 3.93. The van der Waals surface area contributed by atoms with E-state index in [9.17, 15) is 4.39 Å². The highest BCUT2D eigenvalue weighted by Gasteiger charge is 2.28. The minimum Gasteiger partial charge on any atom is -0.366 e. The minimum absolute atomic E-state index is 0.143. The van der Waals surface area contributed by atoms with Crippen molar-refractivity contribution in [2.45, 2.75) is 38.6 Å². The number of hydrogen-bond donors (Lipinski definition) is 0. The lowest BCUT2D eigenvalue weighted by Gasteiger charge is -2.30. The van der Waals surface area contributed by atoms with E-state index in [0.29, 0.717) is 17.8 Å². The average molecular weight is 256 g/mol. The zero-order valence-electron chi connectivity index (χ0n) is 10.4. The van der Waals surface area contributed by atoms with Crippen molar-refractivity contribution in [3.05, 3.63) is 29.6 Å². The molecule has 1 aliphatic heterocycles. The molecule has 0 saturated carbocycles. The first-order chi connectivity index (χ1) is 8.13. The van der Waals surface area contributed by atoms with E-state index < -0.39 is 0 Å². The quantitative estimate of drug-likeness (QED) is 0.732. The zero-order chi connectivity index (χ0) is 12.4. The summed E-state index contributed by atoms with van der Waals surface area (Å²) >= 11 is 5.71. The lowest BCUT2D eigenvalue weighted by atomic mass is 10.0. The number of alkyl halides is 1. The highest BCUT2D eigenvalue weighted by Crippen LogP contribution is 2.31. The number of halogens is 2. The molecule has 1 atom stereocenters. The van der Waals surface area contributed by atoms with Crippen molar-refractivity contribution in [3.63, 3.8) is 0 Å². The highest BCUT2D eigenvalue weighted by molar-refractivity contribution is 6.17. The predicted octanol–water partition coefficient (Wildman–Crippen LogP) is 4.19. The van der Waals surface area contributed by atoms with Crippen LogP contribution < -0.4 is 4.90 Å². The molecule has 0 amide bonds. The zero-order valence-corrected chi connectivity index (χ0v) is 11.2. The second kappa shape index (κ2) is 5.26. The van der Waals surface area contributed by atoms with Crippen molar-refractivity contribution in [2.75, 3.05) is 11.4 Å². The third-order valence-electron chi connectivity index (χ3n) is 3.54. The summed E-state index contributed by atoms with van der Waals surface area (Å²) in [7, 11) is 0. The van der Waals surface area contributed by atoms with Gasteiger partial charge >= 0.3 is 0 Å². The summed E-state index contributed by atoms with van der Waals surface area (Å²) in [6.45, 7) is 5.36. The van der Waals surface area contributed by atoms with Gasteiger partial charge in [-0.05, 0) is 36.5 Å². The minimum atomic E-state index is -0.143. The number of nitrogens with zero attached hydrogens (tertiary/aromatic N) is 1. The van der Waals surface area contributed by atoms with E-state index in [1.807, 2.05) is 12.1 Å². The molecule has 1 aliphatic rings. The summed E-state index contributed by atoms with van der Waals surface area (Å²) in [5.41, 5.74) is 1.57. The first-order valence-electron chi connectivity index (χ1n) is 6.24. The van der Waals surface area contributed by atoms with Crippen LogP contribution in [0.4, 0.5) is 10.1 Å². The molecule has 1 fully saturated rings. The summed E-state index contributed by atoms with van der Waals surface area (Å²) in [6, 6.07) is 5.80. The van der Waals surface area contributed by atoms with E-state index >= 15 is 0 Å². The van der Waals surface area contributed by atoms with Gasteiger partial charge in [0.15, 0.2) is 0 Å². The standard InChI is InChI=1S/C14H19ClFN/c1-10(2)13-4-3-7-17(13)14-6-5-11(9-15)8-12(14)16/h5-6,8,10,13H,3-4,7,9H2,1-2H3. The molecule has 1 unspecified atom stereocenters. The van der Waals surface area contributed by atoms with Crippen molar-refractivity contribution < 1.29 is 4.39 Å². The van der Waals surface area contributed by atoms with Gasteiger partial charge in [-0.2, -0.15) is 0 Å². The molecule has 2 rings (SSSR count). The summed E-state index contributed by atoms with van der Waals surface area (Å²) in [6.07, 6.45) is 2.31. The Balaban J connectivity index is 2.27. The fraction of sp³-hybridized carbons (Fsp3) is 0.571. The maximum Gasteiger partial charge on any atom is 0.146 e. The van der Waals surface area contributed by atoms with Crippen LogP contribution in [-0.4, -0.2) is 12.6 Å². The second-order valence-electron chi connectivity index (χ2n) is 5.07. The molecule has 0 spiro atoms. The van der Waals surface area contributed by atoms with Gasteiger partial charge in [0.1, 0.15) is 5.82 Å². The van der Waals surface area contributed by atoms with Crippen LogP contribution in [0.15, 0.2) is 18.2 Å². The Labute approximate surface area is 108 Å². The largest absolute Gasteiger partial charge is 0.366 e. The molecule has 0 aliphatic carbocycles. The summed E-state index contributed by atoms with van der Waals surface area (Å²) in [4.78, 5) is 2.21. The van der Waals surface area contributed by atoms with E-state index in [0.717, 1.165) is 30.6 Å². The van der Waals surface area contributed by atoms with Crippen LogP contribution in [0.1, 0.15) is 32.3 Å². The van der Waals surface area contributed by atoms with Gasteiger partial charge in [-0.1, -0.05) is 19.9 Å². The van der Waals surface area contributed by atoms with Crippen molar-refractivity contribution in [3.8, 4) is 0 Å². The van der Waals surface area contributed by atoms with Gasteiger partial charge in [-0.3, -0.25) is 0 Å². The molecule has 1 aromatic carbocycles. The third kappa shape index (κ3) is 2.57. The van der Waals surface area contributed by atoms with Crippen LogP contribution in [0.3, 0.4) is 0 Å². The lowest BCUT2D eigenvalue weighted by Crippen LogP contribution is -2.33. The van der Waals surface area contributed by atoms with Crippen LogP contribution in [0.5, 0.6) is 0 Å². The Morgan fingerprint density at radius 1 is 1.47 bits per heavy atom. The number of anilines is 1. The molecule has 0 radical (unpaired) electrons. The van der Waals surface area contributed by atoms with Gasteiger partial charge in [0.25, 0.3) is 0 Å². The predicted molar refractivity (Wildman–Crippen MR) is 71.2 cm³/mol. The van der Waals surface area contributed by atoms with Gasteiger partial charge < -0.3 is 4.90 Å². The molecule has 1 saturated heterocycles. The average Bonchev–Trinajstić information content (AvgIpc) is 2.77. The van der Waals surface area contributed by atoms with E-state index in [-0.39, 0.29) is 5.82 Å². The highest BCUT2D eigenvalue weighted by atomic mass is 35.5. The molecular weight excluding hydrogens is 237 g/mol. The van der Waals surface area contributed by atoms with Crippen LogP contribution in [0.2, 0.25) is 0 Å². The molecule has 0 aromatic heterocycles. The molecule has 0 bridgehead atoms. The fourth-order valence-electron chi connectivity index (χ4n) is 2.65. The maximum absolute atomic E-state index is 14.0.